The first kappa shape index (κ1) is 20.1. The quantitative estimate of drug-likeness (QED) is 0.708. The second-order valence-electron chi connectivity index (χ2n) is 6.56. The minimum absolute atomic E-state index is 0.00870. The summed E-state index contributed by atoms with van der Waals surface area (Å²) in [5.74, 6) is -0.579. The van der Waals surface area contributed by atoms with Crippen molar-refractivity contribution in [1.29, 1.82) is 0 Å². The van der Waals surface area contributed by atoms with Crippen LogP contribution in [0.3, 0.4) is 0 Å². The number of furan rings is 1. The van der Waals surface area contributed by atoms with E-state index in [0.717, 1.165) is 12.8 Å². The van der Waals surface area contributed by atoms with Gasteiger partial charge in [-0.1, -0.05) is 6.07 Å². The molecule has 28 heavy (non-hydrogen) atoms. The molecule has 8 nitrogen and oxygen atoms in total. The number of amides is 1. The molecule has 1 atom stereocenters. The van der Waals surface area contributed by atoms with Crippen molar-refractivity contribution >= 4 is 21.9 Å². The second-order valence-corrected chi connectivity index (χ2v) is 8.33. The summed E-state index contributed by atoms with van der Waals surface area (Å²) in [7, 11) is -3.86. The zero-order valence-corrected chi connectivity index (χ0v) is 16.3. The van der Waals surface area contributed by atoms with Crippen LogP contribution in [0, 0.1) is 6.92 Å². The molecule has 1 amide bonds. The Balaban J connectivity index is 1.76. The second kappa shape index (κ2) is 8.57. The molecule has 0 radical (unpaired) electrons. The Morgan fingerprint density at radius 3 is 2.89 bits per heavy atom. The SMILES string of the molecule is Cc1ccc(S(=O)(=O)NCc2ccco2)cc1C(=O)OC1CCCCNC1=O. The van der Waals surface area contributed by atoms with Gasteiger partial charge >= 0.3 is 5.97 Å². The number of benzene rings is 1. The lowest BCUT2D eigenvalue weighted by Gasteiger charge is -2.16. The van der Waals surface area contributed by atoms with Crippen LogP contribution in [0.2, 0.25) is 0 Å². The number of rotatable bonds is 6. The maximum Gasteiger partial charge on any atom is 0.339 e. The van der Waals surface area contributed by atoms with Crippen LogP contribution in [0.4, 0.5) is 0 Å². The van der Waals surface area contributed by atoms with E-state index in [1.807, 2.05) is 0 Å². The van der Waals surface area contributed by atoms with Crippen LogP contribution < -0.4 is 10.0 Å². The fourth-order valence-electron chi connectivity index (χ4n) is 2.87. The minimum atomic E-state index is -3.86. The number of carbonyl (C=O) groups excluding carboxylic acids is 2. The van der Waals surface area contributed by atoms with Crippen LogP contribution in [-0.4, -0.2) is 32.9 Å². The molecule has 2 heterocycles. The van der Waals surface area contributed by atoms with Gasteiger partial charge in [0.25, 0.3) is 5.91 Å². The summed E-state index contributed by atoms with van der Waals surface area (Å²) in [5, 5.41) is 2.70. The van der Waals surface area contributed by atoms with Crippen molar-refractivity contribution < 1.29 is 27.2 Å². The molecular formula is C19H22N2O6S. The molecular weight excluding hydrogens is 384 g/mol. The summed E-state index contributed by atoms with van der Waals surface area (Å²) in [6.07, 6.45) is 2.62. The van der Waals surface area contributed by atoms with E-state index in [-0.39, 0.29) is 22.9 Å². The summed E-state index contributed by atoms with van der Waals surface area (Å²) in [6.45, 7) is 2.22. The molecule has 0 spiro atoms. The normalized spacial score (nSPS) is 17.6. The van der Waals surface area contributed by atoms with E-state index in [2.05, 4.69) is 10.0 Å². The van der Waals surface area contributed by atoms with Crippen molar-refractivity contribution in [3.05, 3.63) is 53.5 Å². The van der Waals surface area contributed by atoms with E-state index in [4.69, 9.17) is 9.15 Å². The smallest absolute Gasteiger partial charge is 0.339 e. The van der Waals surface area contributed by atoms with Gasteiger partial charge in [0.2, 0.25) is 10.0 Å². The fraction of sp³-hybridized carbons (Fsp3) is 0.368. The van der Waals surface area contributed by atoms with E-state index in [0.29, 0.717) is 24.3 Å². The average Bonchev–Trinajstić information content (AvgIpc) is 3.11. The number of sulfonamides is 1. The van der Waals surface area contributed by atoms with Crippen LogP contribution in [0.5, 0.6) is 0 Å². The largest absolute Gasteiger partial charge is 0.468 e. The maximum atomic E-state index is 12.6. The van der Waals surface area contributed by atoms with Crippen LogP contribution in [0.15, 0.2) is 45.9 Å². The summed E-state index contributed by atoms with van der Waals surface area (Å²) in [6, 6.07) is 7.52. The van der Waals surface area contributed by atoms with Gasteiger partial charge in [-0.25, -0.2) is 17.9 Å². The van der Waals surface area contributed by atoms with Crippen molar-refractivity contribution in [1.82, 2.24) is 10.0 Å². The van der Waals surface area contributed by atoms with Gasteiger partial charge in [0.05, 0.1) is 23.3 Å². The molecule has 1 aliphatic heterocycles. The lowest BCUT2D eigenvalue weighted by molar-refractivity contribution is -0.129. The molecule has 1 saturated heterocycles. The summed E-state index contributed by atoms with van der Waals surface area (Å²) >= 11 is 0. The molecule has 3 rings (SSSR count). The molecule has 1 aliphatic rings. The van der Waals surface area contributed by atoms with Gasteiger partial charge in [-0.3, -0.25) is 4.79 Å². The molecule has 1 fully saturated rings. The Morgan fingerprint density at radius 1 is 1.32 bits per heavy atom. The minimum Gasteiger partial charge on any atom is -0.468 e. The standard InChI is InChI=1S/C19H22N2O6S/c1-13-7-8-15(28(24,25)21-12-14-5-4-10-26-14)11-16(13)19(23)27-17-6-2-3-9-20-18(17)22/h4-5,7-8,10-11,17,21H,2-3,6,9,12H2,1H3,(H,20,22). The van der Waals surface area contributed by atoms with Crippen LogP contribution in [0.25, 0.3) is 0 Å². The van der Waals surface area contributed by atoms with E-state index >= 15 is 0 Å². The highest BCUT2D eigenvalue weighted by Crippen LogP contribution is 2.19. The van der Waals surface area contributed by atoms with Crippen molar-refractivity contribution in [2.75, 3.05) is 6.54 Å². The molecule has 0 saturated carbocycles. The number of hydrogen-bond donors (Lipinski definition) is 2. The Labute approximate surface area is 163 Å². The van der Waals surface area contributed by atoms with Gasteiger partial charge in [-0.05, 0) is 56.0 Å². The number of hydrogen-bond acceptors (Lipinski definition) is 6. The number of carbonyl (C=O) groups is 2. The lowest BCUT2D eigenvalue weighted by Crippen LogP contribution is -2.36. The fourth-order valence-corrected chi connectivity index (χ4v) is 3.89. The Morgan fingerprint density at radius 2 is 2.14 bits per heavy atom. The maximum absolute atomic E-state index is 12.6. The van der Waals surface area contributed by atoms with E-state index in [1.165, 1.54) is 24.5 Å². The number of ether oxygens (including phenoxy) is 1. The number of esters is 1. The molecule has 1 aromatic carbocycles. The third-order valence-corrected chi connectivity index (χ3v) is 5.89. The first-order chi connectivity index (χ1) is 13.4. The summed E-state index contributed by atoms with van der Waals surface area (Å²) in [4.78, 5) is 24.5. The highest BCUT2D eigenvalue weighted by Gasteiger charge is 2.26. The molecule has 1 aromatic heterocycles. The van der Waals surface area contributed by atoms with Crippen LogP contribution in [-0.2, 0) is 26.1 Å². The van der Waals surface area contributed by atoms with Crippen molar-refractivity contribution in [2.45, 2.75) is 43.7 Å². The van der Waals surface area contributed by atoms with Crippen molar-refractivity contribution in [3.8, 4) is 0 Å². The predicted molar refractivity (Wildman–Crippen MR) is 100.0 cm³/mol. The molecule has 150 valence electrons. The third-order valence-electron chi connectivity index (χ3n) is 4.49. The molecule has 0 aliphatic carbocycles. The molecule has 2 N–H and O–H groups in total. The van der Waals surface area contributed by atoms with Crippen LogP contribution >= 0.6 is 0 Å². The predicted octanol–water partition coefficient (Wildman–Crippen LogP) is 1.89. The third kappa shape index (κ3) is 4.79. The highest BCUT2D eigenvalue weighted by molar-refractivity contribution is 7.89. The van der Waals surface area contributed by atoms with Gasteiger partial charge in [0.1, 0.15) is 5.76 Å². The van der Waals surface area contributed by atoms with Gasteiger partial charge in [-0.2, -0.15) is 0 Å². The topological polar surface area (TPSA) is 115 Å². The van der Waals surface area contributed by atoms with Gasteiger partial charge in [0, 0.05) is 6.54 Å². The summed E-state index contributed by atoms with van der Waals surface area (Å²) < 4.78 is 38.0. The van der Waals surface area contributed by atoms with Gasteiger partial charge in [0.15, 0.2) is 6.10 Å². The van der Waals surface area contributed by atoms with Crippen molar-refractivity contribution in [3.63, 3.8) is 0 Å². The van der Waals surface area contributed by atoms with Crippen molar-refractivity contribution in [2.24, 2.45) is 0 Å². The van der Waals surface area contributed by atoms with E-state index < -0.39 is 22.1 Å². The Bertz CT molecular complexity index is 953. The first-order valence-electron chi connectivity index (χ1n) is 8.98. The molecule has 1 unspecified atom stereocenters. The molecule has 2 aromatic rings. The van der Waals surface area contributed by atoms with Crippen LogP contribution in [0.1, 0.15) is 40.9 Å². The monoisotopic (exact) mass is 406 g/mol. The highest BCUT2D eigenvalue weighted by atomic mass is 32.2. The van der Waals surface area contributed by atoms with E-state index in [9.17, 15) is 18.0 Å². The number of nitrogens with one attached hydrogen (secondary N) is 2. The zero-order chi connectivity index (χ0) is 20.1. The lowest BCUT2D eigenvalue weighted by atomic mass is 10.1. The zero-order valence-electron chi connectivity index (χ0n) is 15.4. The molecule has 0 bridgehead atoms. The Kier molecular flexibility index (Phi) is 6.15. The van der Waals surface area contributed by atoms with E-state index in [1.54, 1.807) is 19.1 Å². The first-order valence-corrected chi connectivity index (χ1v) is 10.5. The average molecular weight is 406 g/mol. The summed E-state index contributed by atoms with van der Waals surface area (Å²) in [5.41, 5.74) is 0.668. The van der Waals surface area contributed by atoms with Gasteiger partial charge in [-0.15, -0.1) is 0 Å². The Hall–Kier alpha value is -2.65. The van der Waals surface area contributed by atoms with Gasteiger partial charge < -0.3 is 14.5 Å². The molecule has 9 heteroatoms. The number of aryl methyl sites for hydroxylation is 1.